The monoisotopic (exact) mass is 478 g/mol. The van der Waals surface area contributed by atoms with Gasteiger partial charge in [-0.1, -0.05) is 0 Å². The molecule has 3 nitrogen and oxygen atoms in total. The van der Waals surface area contributed by atoms with Crippen molar-refractivity contribution in [3.63, 3.8) is 0 Å². The minimum atomic E-state index is -1.62. The molecule has 0 radical (unpaired) electrons. The van der Waals surface area contributed by atoms with Crippen LogP contribution in [0.15, 0.2) is 6.20 Å². The van der Waals surface area contributed by atoms with Crippen LogP contribution < -0.4 is 0 Å². The van der Waals surface area contributed by atoms with Gasteiger partial charge < -0.3 is 0 Å². The molecule has 18 heavy (non-hydrogen) atoms. The van der Waals surface area contributed by atoms with Crippen LogP contribution in [0.5, 0.6) is 0 Å². The van der Waals surface area contributed by atoms with Gasteiger partial charge in [0.2, 0.25) is 0 Å². The number of halogens is 3. The molecule has 0 aliphatic rings. The van der Waals surface area contributed by atoms with Gasteiger partial charge in [-0.15, -0.1) is 0 Å². The first-order chi connectivity index (χ1) is 8.07. The fraction of sp³-hybridized carbons (Fsp3) is 0.545. The summed E-state index contributed by atoms with van der Waals surface area (Å²) in [6.45, 7) is 6.12. The van der Waals surface area contributed by atoms with E-state index in [9.17, 15) is 0 Å². The molecule has 1 aromatic heterocycles. The molecule has 100 valence electrons. The van der Waals surface area contributed by atoms with Gasteiger partial charge in [-0.25, -0.2) is 0 Å². The van der Waals surface area contributed by atoms with Crippen LogP contribution in [0.2, 0.25) is 0 Å². The van der Waals surface area contributed by atoms with Crippen molar-refractivity contribution in [2.75, 3.05) is 7.11 Å². The molecule has 0 aromatic carbocycles. The fourth-order valence-corrected chi connectivity index (χ4v) is 2.16. The van der Waals surface area contributed by atoms with Crippen molar-refractivity contribution in [2.24, 2.45) is 0 Å². The molecule has 7 heteroatoms. The average Bonchev–Trinajstić information content (AvgIpc) is 2.24. The van der Waals surface area contributed by atoms with Gasteiger partial charge in [0.25, 0.3) is 0 Å². The molecule has 0 atom stereocenters. The Morgan fingerprint density at radius 2 is 1.83 bits per heavy atom. The van der Waals surface area contributed by atoms with Crippen molar-refractivity contribution in [2.45, 2.75) is 30.0 Å². The first-order valence-electron chi connectivity index (χ1n) is 5.10. The van der Waals surface area contributed by atoms with E-state index in [1.165, 1.54) is 19.4 Å². The number of alkyl halides is 3. The van der Waals surface area contributed by atoms with Crippen molar-refractivity contribution in [3.05, 3.63) is 23.3 Å². The molecule has 0 aliphatic carbocycles. The predicted octanol–water partition coefficient (Wildman–Crippen LogP) is 3.27. The molecule has 0 aliphatic heterocycles. The standard InChI is InChI=1S/C11H13Cl3N2O.W/c1-10(2,3)8-7(6-17-4)5-15-9(16-8)11(12,13)14;/h5H,1-4H3;. The van der Waals surface area contributed by atoms with E-state index < -0.39 is 3.79 Å². The molecule has 0 fully saturated rings. The van der Waals surface area contributed by atoms with E-state index in [0.717, 1.165) is 15.3 Å². The SMILES string of the molecule is CO[C](=[W])c1cnc(C(Cl)(Cl)Cl)nc1C(C)(C)C. The summed E-state index contributed by atoms with van der Waals surface area (Å²) in [4.78, 5) is 8.49. The Bertz CT molecular complexity index is 466. The van der Waals surface area contributed by atoms with Crippen molar-refractivity contribution >= 4 is 38.9 Å². The Balaban J connectivity index is 3.44. The van der Waals surface area contributed by atoms with E-state index in [1.54, 1.807) is 13.3 Å². The molecular formula is C11H13Cl3N2OW. The van der Waals surface area contributed by atoms with Gasteiger partial charge in [-0.3, -0.25) is 0 Å². The Labute approximate surface area is 133 Å². The van der Waals surface area contributed by atoms with Gasteiger partial charge in [-0.2, -0.15) is 0 Å². The zero-order chi connectivity index (χ0) is 14.1. The van der Waals surface area contributed by atoms with Gasteiger partial charge in [0, 0.05) is 0 Å². The van der Waals surface area contributed by atoms with Crippen LogP contribution in [0.3, 0.4) is 0 Å². The molecule has 1 rings (SSSR count). The second kappa shape index (κ2) is 5.85. The van der Waals surface area contributed by atoms with Gasteiger partial charge in [0.05, 0.1) is 0 Å². The number of nitrogens with zero attached hydrogens (tertiary/aromatic N) is 2. The number of methoxy groups -OCH3 is 1. The van der Waals surface area contributed by atoms with Gasteiger partial charge in [0.15, 0.2) is 0 Å². The van der Waals surface area contributed by atoms with Gasteiger partial charge in [-0.05, 0) is 0 Å². The Morgan fingerprint density at radius 3 is 2.22 bits per heavy atom. The Kier molecular flexibility index (Phi) is 5.37. The normalized spacial score (nSPS) is 12.6. The number of hydrogen-bond acceptors (Lipinski definition) is 3. The van der Waals surface area contributed by atoms with E-state index in [-0.39, 0.29) is 11.2 Å². The quantitative estimate of drug-likeness (QED) is 0.611. The summed E-state index contributed by atoms with van der Waals surface area (Å²) in [5, 5.41) is 0. The fourth-order valence-electron chi connectivity index (χ4n) is 1.35. The number of ether oxygens (including phenoxy) is 1. The van der Waals surface area contributed by atoms with Gasteiger partial charge in [0.1, 0.15) is 0 Å². The first kappa shape index (κ1) is 16.5. The molecule has 0 amide bonds. The molecule has 0 unspecified atom stereocenters. The van der Waals surface area contributed by atoms with E-state index >= 15 is 0 Å². The Hall–Kier alpha value is 0.468. The topological polar surface area (TPSA) is 35.0 Å². The zero-order valence-corrected chi connectivity index (χ0v) is 15.6. The third-order valence-electron chi connectivity index (χ3n) is 2.16. The molecule has 0 spiro atoms. The maximum absolute atomic E-state index is 5.82. The van der Waals surface area contributed by atoms with E-state index in [2.05, 4.69) is 9.97 Å². The van der Waals surface area contributed by atoms with Gasteiger partial charge >= 0.3 is 133 Å². The summed E-state index contributed by atoms with van der Waals surface area (Å²) >= 11 is 18.7. The summed E-state index contributed by atoms with van der Waals surface area (Å²) < 4.78 is 4.47. The van der Waals surface area contributed by atoms with E-state index in [4.69, 9.17) is 39.5 Å². The summed E-state index contributed by atoms with van der Waals surface area (Å²) in [7, 11) is 1.62. The van der Waals surface area contributed by atoms with Crippen LogP contribution >= 0.6 is 34.8 Å². The second-order valence-electron chi connectivity index (χ2n) is 4.70. The molecule has 0 bridgehead atoms. The molecule has 1 heterocycles. The number of aromatic nitrogens is 2. The third kappa shape index (κ3) is 3.98. The predicted molar refractivity (Wildman–Crippen MR) is 71.1 cm³/mol. The van der Waals surface area contributed by atoms with Crippen LogP contribution in [-0.4, -0.2) is 21.2 Å². The molecule has 0 saturated carbocycles. The van der Waals surface area contributed by atoms with Crippen LogP contribution in [0.4, 0.5) is 0 Å². The minimum absolute atomic E-state index is 0.181. The van der Waals surface area contributed by atoms with E-state index in [1.807, 2.05) is 20.8 Å². The molecule has 0 saturated heterocycles. The van der Waals surface area contributed by atoms with Crippen molar-refractivity contribution in [3.8, 4) is 0 Å². The van der Waals surface area contributed by atoms with E-state index in [0.29, 0.717) is 0 Å². The second-order valence-corrected chi connectivity index (χ2v) is 8.31. The van der Waals surface area contributed by atoms with Crippen molar-refractivity contribution in [1.82, 2.24) is 9.97 Å². The molecule has 1 aromatic rings. The Morgan fingerprint density at radius 1 is 1.28 bits per heavy atom. The van der Waals surface area contributed by atoms with Crippen LogP contribution in [0, 0.1) is 0 Å². The first-order valence-corrected chi connectivity index (χ1v) is 7.70. The van der Waals surface area contributed by atoms with Crippen LogP contribution in [0.1, 0.15) is 37.9 Å². The molecular weight excluding hydrogens is 466 g/mol. The molecule has 0 N–H and O–H groups in total. The summed E-state index contributed by atoms with van der Waals surface area (Å²) in [5.41, 5.74) is 1.48. The van der Waals surface area contributed by atoms with Crippen LogP contribution in [-0.2, 0) is 33.3 Å². The zero-order valence-electron chi connectivity index (χ0n) is 10.4. The van der Waals surface area contributed by atoms with Crippen molar-refractivity contribution < 1.29 is 24.1 Å². The van der Waals surface area contributed by atoms with Crippen LogP contribution in [0.25, 0.3) is 0 Å². The third-order valence-corrected chi connectivity index (χ3v) is 4.05. The average molecular weight is 479 g/mol. The van der Waals surface area contributed by atoms with Crippen molar-refractivity contribution in [1.29, 1.82) is 0 Å². The number of hydrogen-bond donors (Lipinski definition) is 0. The maximum atomic E-state index is 5.82. The summed E-state index contributed by atoms with van der Waals surface area (Å²) in [6.07, 6.45) is 1.65. The summed E-state index contributed by atoms with van der Waals surface area (Å²) in [5.74, 6) is 0.181. The summed E-state index contributed by atoms with van der Waals surface area (Å²) in [6, 6.07) is 0. The number of rotatable bonds is 2.